The molecule has 1 aromatic rings. The molecule has 0 aliphatic carbocycles. The molecule has 1 rings (SSSR count). The zero-order valence-electron chi connectivity index (χ0n) is 5.04. The summed E-state index contributed by atoms with van der Waals surface area (Å²) in [5.41, 5.74) is 0. The van der Waals surface area contributed by atoms with Gasteiger partial charge in [0.25, 0.3) is 0 Å². The van der Waals surface area contributed by atoms with Gasteiger partial charge in [-0.2, -0.15) is 0 Å². The summed E-state index contributed by atoms with van der Waals surface area (Å²) in [6.07, 6.45) is 0. The largest absolute Gasteiger partial charge is 0.105 e. The highest BCUT2D eigenvalue weighted by Gasteiger charge is 1.84. The summed E-state index contributed by atoms with van der Waals surface area (Å²) in [7, 11) is 5.33. The Kier molecular flexibility index (Phi) is 4.11. The van der Waals surface area contributed by atoms with Gasteiger partial charge in [-0.05, 0) is 10.6 Å². The quantitative estimate of drug-likeness (QED) is 0.371. The minimum Gasteiger partial charge on any atom is -0.105 e. The fourth-order valence-corrected chi connectivity index (χ4v) is 0.926. The average molecular weight is 153 g/mol. The summed E-state index contributed by atoms with van der Waals surface area (Å²) >= 11 is 0. The van der Waals surface area contributed by atoms with Crippen molar-refractivity contribution in [2.24, 2.45) is 0 Å². The molecule has 0 N–H and O–H groups in total. The van der Waals surface area contributed by atoms with Crippen LogP contribution in [0.1, 0.15) is 0 Å². The Labute approximate surface area is 62.4 Å². The normalized spacial score (nSPS) is 8.22. The lowest BCUT2D eigenvalue weighted by molar-refractivity contribution is 1.84. The summed E-state index contributed by atoms with van der Waals surface area (Å²) in [5, 5.41) is 2.50. The molecule has 3 radical (unpaired) electrons. The fourth-order valence-electron chi connectivity index (χ4n) is 0.511. The second-order valence-corrected chi connectivity index (χ2v) is 2.87. The molecule has 0 saturated heterocycles. The third kappa shape index (κ3) is 2.48. The molecule has 2 atom stereocenters. The van der Waals surface area contributed by atoms with Crippen molar-refractivity contribution < 1.29 is 0 Å². The first-order valence-corrected chi connectivity index (χ1v) is 3.56. The first kappa shape index (κ1) is 9.14. The van der Waals surface area contributed by atoms with E-state index in [1.54, 1.807) is 0 Å². The smallest absolute Gasteiger partial charge is 0 e. The summed E-state index contributed by atoms with van der Waals surface area (Å²) in [6, 6.07) is 8.17. The van der Waals surface area contributed by atoms with Crippen molar-refractivity contribution in [3.05, 3.63) is 24.3 Å². The molecule has 1 aromatic carbocycles. The number of benzene rings is 1. The Balaban J connectivity index is 0.000000640. The molecular formula is C6H8BP2. The maximum atomic E-state index is 2.67. The molecule has 45 valence electrons. The van der Waals surface area contributed by atoms with Crippen LogP contribution in [0.3, 0.4) is 0 Å². The van der Waals surface area contributed by atoms with Crippen molar-refractivity contribution in [3.63, 3.8) is 0 Å². The predicted octanol–water partition coefficient (Wildman–Crippen LogP) is 0.307. The van der Waals surface area contributed by atoms with Gasteiger partial charge in [0, 0.05) is 8.41 Å². The molecule has 0 saturated carbocycles. The molecule has 0 fully saturated rings. The highest BCUT2D eigenvalue weighted by Crippen LogP contribution is 1.90. The van der Waals surface area contributed by atoms with Gasteiger partial charge in [0.2, 0.25) is 0 Å². The Morgan fingerprint density at radius 3 is 1.44 bits per heavy atom. The van der Waals surface area contributed by atoms with Crippen molar-refractivity contribution in [3.8, 4) is 0 Å². The monoisotopic (exact) mass is 153 g/mol. The second kappa shape index (κ2) is 4.04. The molecule has 0 spiro atoms. The van der Waals surface area contributed by atoms with E-state index in [-0.39, 0.29) is 8.41 Å². The highest BCUT2D eigenvalue weighted by molar-refractivity contribution is 7.35. The number of hydrogen-bond acceptors (Lipinski definition) is 0. The van der Waals surface area contributed by atoms with Crippen LogP contribution in [0, 0.1) is 0 Å². The van der Waals surface area contributed by atoms with Crippen LogP contribution >= 0.6 is 18.5 Å². The maximum absolute atomic E-state index is 2.67. The Bertz CT molecular complexity index is 167. The third-order valence-electron chi connectivity index (χ3n) is 0.996. The van der Waals surface area contributed by atoms with Gasteiger partial charge in [0.05, 0.1) is 0 Å². The third-order valence-corrected chi connectivity index (χ3v) is 2.38. The van der Waals surface area contributed by atoms with Crippen LogP contribution in [-0.2, 0) is 0 Å². The Morgan fingerprint density at radius 2 is 1.22 bits per heavy atom. The van der Waals surface area contributed by atoms with Gasteiger partial charge in [0.15, 0.2) is 0 Å². The minimum absolute atomic E-state index is 0. The maximum Gasteiger partial charge on any atom is 0 e. The first-order valence-electron chi connectivity index (χ1n) is 2.40. The molecule has 0 aliphatic heterocycles. The molecule has 0 heterocycles. The van der Waals surface area contributed by atoms with E-state index < -0.39 is 0 Å². The van der Waals surface area contributed by atoms with Crippen molar-refractivity contribution >= 4 is 37.5 Å². The van der Waals surface area contributed by atoms with Crippen LogP contribution in [0.5, 0.6) is 0 Å². The molecule has 0 nitrogen and oxygen atoms in total. The molecular weight excluding hydrogens is 145 g/mol. The van der Waals surface area contributed by atoms with Gasteiger partial charge in [-0.25, -0.2) is 0 Å². The van der Waals surface area contributed by atoms with Crippen molar-refractivity contribution in [1.29, 1.82) is 0 Å². The van der Waals surface area contributed by atoms with E-state index in [0.29, 0.717) is 0 Å². The van der Waals surface area contributed by atoms with Gasteiger partial charge < -0.3 is 0 Å². The van der Waals surface area contributed by atoms with Gasteiger partial charge in [-0.3, -0.25) is 0 Å². The van der Waals surface area contributed by atoms with Gasteiger partial charge in [-0.15, -0.1) is 18.5 Å². The lowest BCUT2D eigenvalue weighted by Gasteiger charge is -1.93. The highest BCUT2D eigenvalue weighted by atomic mass is 31.0. The SMILES string of the molecule is Pc1ccccc1P.[B]. The zero-order valence-corrected chi connectivity index (χ0v) is 7.35. The predicted molar refractivity (Wildman–Crippen MR) is 50.9 cm³/mol. The standard InChI is InChI=1S/C6H8P2.B/c7-5-3-1-2-4-6(5)8;/h1-4H,7-8H2;. The zero-order chi connectivity index (χ0) is 5.98. The molecule has 9 heavy (non-hydrogen) atoms. The van der Waals surface area contributed by atoms with Crippen molar-refractivity contribution in [2.45, 2.75) is 0 Å². The molecule has 0 aliphatic rings. The van der Waals surface area contributed by atoms with E-state index in [0.717, 1.165) is 0 Å². The van der Waals surface area contributed by atoms with E-state index in [9.17, 15) is 0 Å². The van der Waals surface area contributed by atoms with Crippen LogP contribution in [0.2, 0.25) is 0 Å². The average Bonchev–Trinajstić information content (AvgIpc) is 1.77. The summed E-state index contributed by atoms with van der Waals surface area (Å²) in [5.74, 6) is 0. The Hall–Kier alpha value is 0.145. The molecule has 2 unspecified atom stereocenters. The lowest BCUT2D eigenvalue weighted by atomic mass is 10.4. The lowest BCUT2D eigenvalue weighted by Crippen LogP contribution is -2.08. The van der Waals surface area contributed by atoms with E-state index in [1.807, 2.05) is 12.1 Å². The van der Waals surface area contributed by atoms with Crippen LogP contribution < -0.4 is 10.6 Å². The first-order chi connectivity index (χ1) is 3.80. The molecule has 0 amide bonds. The Morgan fingerprint density at radius 1 is 0.889 bits per heavy atom. The summed E-state index contributed by atoms with van der Waals surface area (Å²) < 4.78 is 0. The van der Waals surface area contributed by atoms with Gasteiger partial charge >= 0.3 is 0 Å². The number of hydrogen-bond donors (Lipinski definition) is 0. The molecule has 0 aromatic heterocycles. The summed E-state index contributed by atoms with van der Waals surface area (Å²) in [6.45, 7) is 0. The molecule has 3 heteroatoms. The topological polar surface area (TPSA) is 0 Å². The van der Waals surface area contributed by atoms with E-state index in [4.69, 9.17) is 0 Å². The van der Waals surface area contributed by atoms with Crippen molar-refractivity contribution in [1.82, 2.24) is 0 Å². The van der Waals surface area contributed by atoms with E-state index in [2.05, 4.69) is 30.6 Å². The van der Waals surface area contributed by atoms with Crippen LogP contribution in [0.15, 0.2) is 24.3 Å². The van der Waals surface area contributed by atoms with Gasteiger partial charge in [0.1, 0.15) is 0 Å². The second-order valence-electron chi connectivity index (χ2n) is 1.63. The van der Waals surface area contributed by atoms with Gasteiger partial charge in [-0.1, -0.05) is 24.3 Å². The molecule has 0 bridgehead atoms. The van der Waals surface area contributed by atoms with Crippen LogP contribution in [0.4, 0.5) is 0 Å². The fraction of sp³-hybridized carbons (Fsp3) is 0. The van der Waals surface area contributed by atoms with E-state index >= 15 is 0 Å². The van der Waals surface area contributed by atoms with E-state index in [1.165, 1.54) is 10.6 Å². The van der Waals surface area contributed by atoms with Crippen molar-refractivity contribution in [2.75, 3.05) is 0 Å². The van der Waals surface area contributed by atoms with Crippen LogP contribution in [-0.4, -0.2) is 8.41 Å². The number of rotatable bonds is 0. The van der Waals surface area contributed by atoms with Crippen LogP contribution in [0.25, 0.3) is 0 Å². The summed E-state index contributed by atoms with van der Waals surface area (Å²) in [4.78, 5) is 0. The minimum atomic E-state index is 0.